The molecule has 56 heavy (non-hydrogen) atoms. The van der Waals surface area contributed by atoms with E-state index in [1.54, 1.807) is 6.92 Å². The summed E-state index contributed by atoms with van der Waals surface area (Å²) in [7, 11) is -7.61. The first kappa shape index (κ1) is 44.0. The second-order valence-electron chi connectivity index (χ2n) is 15.4. The summed E-state index contributed by atoms with van der Waals surface area (Å²) in [6.07, 6.45) is -1.69. The number of fused-ring (bicyclic) bond motifs is 2. The number of aliphatic carboxylic acids is 2. The SMILES string of the molecule is C[C@@H](O)[C@H]1C(=O)N2C(C(=O)O)=C(CN3CCNC(CNS(N)(=O)=O)C3)[C@H](C)[C@H]12.C[C@@H](O)[C@H]1C(=O)N2C(C(=O)O)=C(CN3CCNCC3CNS(N)(=O)=O)[C@H](C)[C@H]12. The van der Waals surface area contributed by atoms with Crippen molar-refractivity contribution in [1.29, 1.82) is 0 Å². The number of aliphatic hydroxyl groups excluding tert-OH is 2. The zero-order valence-electron chi connectivity index (χ0n) is 31.7. The number of piperazine rings is 2. The number of carbonyl (C=O) groups is 4. The average molecular weight is 835 g/mol. The molecule has 0 aromatic rings. The van der Waals surface area contributed by atoms with Crippen LogP contribution in [-0.4, -0.2) is 182 Å². The predicted octanol–water partition coefficient (Wildman–Crippen LogP) is -5.50. The van der Waals surface area contributed by atoms with Crippen molar-refractivity contribution in [1.82, 2.24) is 39.7 Å². The number of carboxylic acids is 2. The third-order valence-electron chi connectivity index (χ3n) is 11.7. The summed E-state index contributed by atoms with van der Waals surface area (Å²) in [5.74, 6) is -4.63. The van der Waals surface area contributed by atoms with E-state index in [0.29, 0.717) is 63.5 Å². The van der Waals surface area contributed by atoms with Gasteiger partial charge in [0.1, 0.15) is 11.4 Å². The molecular weight excluding hydrogens is 781 g/mol. The molecule has 0 bridgehead atoms. The molecule has 2 unspecified atom stereocenters. The van der Waals surface area contributed by atoms with Crippen molar-refractivity contribution in [3.8, 4) is 0 Å². The van der Waals surface area contributed by atoms with Gasteiger partial charge in [-0.3, -0.25) is 19.4 Å². The zero-order valence-corrected chi connectivity index (χ0v) is 33.3. The van der Waals surface area contributed by atoms with E-state index in [1.807, 2.05) is 23.6 Å². The molecule has 0 aliphatic carbocycles. The molecule has 316 valence electrons. The molecule has 6 aliphatic heterocycles. The van der Waals surface area contributed by atoms with E-state index in [0.717, 1.165) is 0 Å². The highest BCUT2D eigenvalue weighted by atomic mass is 32.2. The highest BCUT2D eigenvalue weighted by Gasteiger charge is 2.61. The minimum absolute atomic E-state index is 0.0112. The summed E-state index contributed by atoms with van der Waals surface area (Å²) >= 11 is 0. The van der Waals surface area contributed by atoms with Crippen LogP contribution >= 0.6 is 0 Å². The normalized spacial score (nSPS) is 32.3. The Morgan fingerprint density at radius 2 is 1.29 bits per heavy atom. The van der Waals surface area contributed by atoms with Crippen LogP contribution in [0.15, 0.2) is 22.5 Å². The molecule has 0 saturated carbocycles. The summed E-state index contributed by atoms with van der Waals surface area (Å²) in [5, 5.41) is 55.6. The minimum Gasteiger partial charge on any atom is -0.477 e. The second kappa shape index (κ2) is 17.0. The van der Waals surface area contributed by atoms with Crippen LogP contribution in [0.3, 0.4) is 0 Å². The van der Waals surface area contributed by atoms with Crippen molar-refractivity contribution in [3.05, 3.63) is 22.5 Å². The number of β-lactam (4-membered cyclic amide) rings is 2. The Kier molecular flexibility index (Phi) is 13.3. The van der Waals surface area contributed by atoms with E-state index in [1.165, 1.54) is 16.7 Å². The maximum absolute atomic E-state index is 12.4. The van der Waals surface area contributed by atoms with Gasteiger partial charge in [-0.2, -0.15) is 16.8 Å². The molecule has 4 fully saturated rings. The average Bonchev–Trinajstić information content (AvgIpc) is 3.47. The van der Waals surface area contributed by atoms with Crippen LogP contribution in [-0.2, 0) is 39.6 Å². The fourth-order valence-electron chi connectivity index (χ4n) is 8.98. The van der Waals surface area contributed by atoms with Gasteiger partial charge in [0.2, 0.25) is 11.8 Å². The van der Waals surface area contributed by atoms with Gasteiger partial charge >= 0.3 is 11.9 Å². The summed E-state index contributed by atoms with van der Waals surface area (Å²) in [4.78, 5) is 55.2. The fourth-order valence-corrected chi connectivity index (χ4v) is 9.84. The van der Waals surface area contributed by atoms with Gasteiger partial charge in [-0.15, -0.1) is 0 Å². The number of nitrogens with zero attached hydrogens (tertiary/aromatic N) is 4. The van der Waals surface area contributed by atoms with Gasteiger partial charge in [0.15, 0.2) is 0 Å². The third kappa shape index (κ3) is 9.10. The Balaban J connectivity index is 0.000000214. The highest BCUT2D eigenvalue weighted by Crippen LogP contribution is 2.48. The number of nitrogens with two attached hydrogens (primary N) is 2. The monoisotopic (exact) mass is 834 g/mol. The molecule has 0 aromatic heterocycles. The Morgan fingerprint density at radius 1 is 0.804 bits per heavy atom. The smallest absolute Gasteiger partial charge is 0.352 e. The summed E-state index contributed by atoms with van der Waals surface area (Å²) in [6.45, 7) is 11.3. The molecule has 4 saturated heterocycles. The Labute approximate surface area is 325 Å². The number of hydrogen-bond acceptors (Lipinski definition) is 14. The van der Waals surface area contributed by atoms with Crippen molar-refractivity contribution in [2.24, 2.45) is 33.9 Å². The lowest BCUT2D eigenvalue weighted by molar-refractivity contribution is -0.163. The van der Waals surface area contributed by atoms with Crippen molar-refractivity contribution in [3.63, 3.8) is 0 Å². The van der Waals surface area contributed by atoms with Crippen LogP contribution < -0.4 is 30.4 Å². The van der Waals surface area contributed by atoms with Gasteiger partial charge in [-0.25, -0.2) is 29.3 Å². The van der Waals surface area contributed by atoms with Crippen LogP contribution in [0, 0.1) is 23.7 Å². The summed E-state index contributed by atoms with van der Waals surface area (Å²) in [5.41, 5.74) is 1.28. The van der Waals surface area contributed by atoms with Crippen LogP contribution in [0.1, 0.15) is 27.7 Å². The number of amides is 2. The summed E-state index contributed by atoms with van der Waals surface area (Å²) in [6, 6.07) is -1.08. The molecular formula is C32H54N10O12S2. The summed E-state index contributed by atoms with van der Waals surface area (Å²) < 4.78 is 49.2. The first-order valence-electron chi connectivity index (χ1n) is 18.4. The van der Waals surface area contributed by atoms with E-state index >= 15 is 0 Å². The van der Waals surface area contributed by atoms with E-state index in [2.05, 4.69) is 20.1 Å². The number of rotatable bonds is 14. The lowest BCUT2D eigenvalue weighted by Gasteiger charge is -2.46. The molecule has 2 amide bonds. The molecule has 12 N–H and O–H groups in total. The quantitative estimate of drug-likeness (QED) is 0.0730. The molecule has 0 aromatic carbocycles. The largest absolute Gasteiger partial charge is 0.477 e. The van der Waals surface area contributed by atoms with Gasteiger partial charge in [-0.1, -0.05) is 13.8 Å². The maximum Gasteiger partial charge on any atom is 0.352 e. The number of hydrogen-bond donors (Lipinski definition) is 10. The topological polar surface area (TPSA) is 331 Å². The maximum atomic E-state index is 12.4. The third-order valence-corrected chi connectivity index (χ3v) is 12.8. The van der Waals surface area contributed by atoms with Crippen molar-refractivity contribution in [2.75, 3.05) is 65.4 Å². The van der Waals surface area contributed by atoms with Gasteiger partial charge in [0.05, 0.1) is 36.1 Å². The molecule has 22 nitrogen and oxygen atoms in total. The standard InChI is InChI=1S/2C16H27N5O6S/c1-8-11(7-20-4-3-18-10(6-20)5-19-28(17,26)27)14(16(24)25)21-13(8)12(9(2)22)15(21)23;1-8-11(7-20-4-3-18-5-10(20)6-19-28(17,26)27)14(16(24)25)21-13(8)12(9(2)22)15(21)23/h2*8-10,12-13,18-19,22H,3-7H2,1-2H3,(H,24,25)(H2,17,26,27)/t2*8-,9+,10?,12+,13+/m00/s1. The van der Waals surface area contributed by atoms with Crippen molar-refractivity contribution >= 4 is 44.2 Å². The molecule has 0 spiro atoms. The van der Waals surface area contributed by atoms with Crippen LogP contribution in [0.2, 0.25) is 0 Å². The van der Waals surface area contributed by atoms with Crippen LogP contribution in [0.25, 0.3) is 0 Å². The second-order valence-corrected chi connectivity index (χ2v) is 18.1. The minimum atomic E-state index is -3.83. The van der Waals surface area contributed by atoms with E-state index in [4.69, 9.17) is 10.3 Å². The van der Waals surface area contributed by atoms with E-state index in [9.17, 15) is 56.4 Å². The highest BCUT2D eigenvalue weighted by molar-refractivity contribution is 7.87. The van der Waals surface area contributed by atoms with Crippen LogP contribution in [0.5, 0.6) is 0 Å². The van der Waals surface area contributed by atoms with Gasteiger partial charge < -0.3 is 40.9 Å². The first-order valence-corrected chi connectivity index (χ1v) is 21.5. The van der Waals surface area contributed by atoms with Gasteiger partial charge in [0, 0.05) is 89.4 Å². The fraction of sp³-hybridized carbons (Fsp3) is 0.750. The van der Waals surface area contributed by atoms with Crippen molar-refractivity contribution in [2.45, 2.75) is 64.1 Å². The molecule has 6 rings (SSSR count). The Hall–Kier alpha value is -3.14. The number of nitrogens with one attached hydrogen (secondary N) is 4. The number of carboxylic acid groups (broad SMARTS) is 2. The van der Waals surface area contributed by atoms with Crippen LogP contribution in [0.4, 0.5) is 0 Å². The van der Waals surface area contributed by atoms with Crippen molar-refractivity contribution < 1.29 is 56.4 Å². The molecule has 0 radical (unpaired) electrons. The molecule has 10 atom stereocenters. The number of aliphatic hydroxyl groups is 2. The Bertz CT molecular complexity index is 1860. The van der Waals surface area contributed by atoms with Gasteiger partial charge in [-0.05, 0) is 25.0 Å². The lowest BCUT2D eigenvalue weighted by Crippen LogP contribution is -2.63. The molecule has 24 heteroatoms. The number of carbonyl (C=O) groups excluding carboxylic acids is 2. The lowest BCUT2D eigenvalue weighted by atomic mass is 9.77. The van der Waals surface area contributed by atoms with E-state index in [-0.39, 0.29) is 72.3 Å². The van der Waals surface area contributed by atoms with Gasteiger partial charge in [0.25, 0.3) is 20.4 Å². The molecule has 6 aliphatic rings. The van der Waals surface area contributed by atoms with E-state index < -0.39 is 56.4 Å². The Morgan fingerprint density at radius 3 is 1.75 bits per heavy atom. The zero-order chi connectivity index (χ0) is 41.6. The predicted molar refractivity (Wildman–Crippen MR) is 198 cm³/mol. The molecule has 6 heterocycles. The first-order chi connectivity index (χ1) is 26.0.